The molecule has 0 saturated carbocycles. The van der Waals surface area contributed by atoms with Crippen molar-refractivity contribution in [2.75, 3.05) is 20.8 Å². The molecule has 4 N–H and O–H groups in total. The fourth-order valence-corrected chi connectivity index (χ4v) is 1.60. The van der Waals surface area contributed by atoms with E-state index in [-0.39, 0.29) is 0 Å². The maximum atomic E-state index is 11.1. The van der Waals surface area contributed by atoms with Gasteiger partial charge in [0.2, 0.25) is 5.75 Å². The maximum Gasteiger partial charge on any atom is 0.258 e. The number of primary amides is 1. The summed E-state index contributed by atoms with van der Waals surface area (Å²) < 4.78 is 16.0. The Hall–Kier alpha value is -1.95. The van der Waals surface area contributed by atoms with E-state index in [0.29, 0.717) is 30.2 Å². The summed E-state index contributed by atoms with van der Waals surface area (Å²) in [5.41, 5.74) is 11.7. The van der Waals surface area contributed by atoms with Crippen LogP contribution in [-0.2, 0) is 11.2 Å². The quantitative estimate of drug-likeness (QED) is 0.748. The number of ether oxygens (including phenoxy) is 3. The summed E-state index contributed by atoms with van der Waals surface area (Å²) in [7, 11) is 3.03. The highest BCUT2D eigenvalue weighted by Gasteiger charge is 2.19. The molecule has 0 aliphatic carbocycles. The zero-order chi connectivity index (χ0) is 14.4. The lowest BCUT2D eigenvalue weighted by Gasteiger charge is -2.18. The number of amides is 1. The van der Waals surface area contributed by atoms with Crippen molar-refractivity contribution in [3.63, 3.8) is 0 Å². The van der Waals surface area contributed by atoms with Crippen molar-refractivity contribution < 1.29 is 19.0 Å². The van der Waals surface area contributed by atoms with Crippen molar-refractivity contribution in [1.82, 2.24) is 0 Å². The first-order valence-corrected chi connectivity index (χ1v) is 5.94. The van der Waals surface area contributed by atoms with Gasteiger partial charge >= 0.3 is 0 Å². The Morgan fingerprint density at radius 1 is 1.26 bits per heavy atom. The minimum absolute atomic E-state index is 0.358. The van der Waals surface area contributed by atoms with E-state index in [0.717, 1.165) is 5.56 Å². The third-order valence-electron chi connectivity index (χ3n) is 2.65. The van der Waals surface area contributed by atoms with E-state index in [1.807, 2.05) is 0 Å². The number of carbonyl (C=O) groups is 1. The molecule has 1 unspecified atom stereocenters. The molecular weight excluding hydrogens is 248 g/mol. The first-order chi connectivity index (χ1) is 9.03. The Labute approximate surface area is 112 Å². The third kappa shape index (κ3) is 3.75. The summed E-state index contributed by atoms with van der Waals surface area (Å²) in [6.45, 7) is 2.08. The van der Waals surface area contributed by atoms with Crippen LogP contribution in [0.4, 0.5) is 0 Å². The molecule has 0 fully saturated rings. The van der Waals surface area contributed by atoms with Gasteiger partial charge in [-0.2, -0.15) is 0 Å². The van der Waals surface area contributed by atoms with Gasteiger partial charge in [-0.1, -0.05) is 0 Å². The van der Waals surface area contributed by atoms with Crippen molar-refractivity contribution >= 4 is 5.91 Å². The van der Waals surface area contributed by atoms with Gasteiger partial charge in [0, 0.05) is 0 Å². The van der Waals surface area contributed by atoms with Gasteiger partial charge in [-0.05, 0) is 37.6 Å². The molecule has 1 aromatic carbocycles. The summed E-state index contributed by atoms with van der Waals surface area (Å²) in [5.74, 6) is 0.763. The van der Waals surface area contributed by atoms with E-state index in [1.54, 1.807) is 19.1 Å². The van der Waals surface area contributed by atoms with Crippen LogP contribution in [0, 0.1) is 0 Å². The Morgan fingerprint density at radius 2 is 1.79 bits per heavy atom. The molecule has 1 atom stereocenters. The number of carbonyl (C=O) groups excluding carboxylic acids is 1. The standard InChI is InChI=1S/C13H20N2O4/c1-8(13(15)16)19-12-10(17-2)6-9(4-5-14)7-11(12)18-3/h6-8H,4-5,14H2,1-3H3,(H2,15,16). The Kier molecular flexibility index (Phi) is 5.44. The predicted molar refractivity (Wildman–Crippen MR) is 71.6 cm³/mol. The van der Waals surface area contributed by atoms with E-state index in [4.69, 9.17) is 25.7 Å². The van der Waals surface area contributed by atoms with E-state index in [2.05, 4.69) is 0 Å². The molecule has 0 spiro atoms. The molecule has 0 radical (unpaired) electrons. The molecular formula is C13H20N2O4. The lowest BCUT2D eigenvalue weighted by Crippen LogP contribution is -2.30. The van der Waals surface area contributed by atoms with E-state index >= 15 is 0 Å². The van der Waals surface area contributed by atoms with Gasteiger partial charge in [-0.15, -0.1) is 0 Å². The van der Waals surface area contributed by atoms with Gasteiger partial charge in [0.05, 0.1) is 14.2 Å². The summed E-state index contributed by atoms with van der Waals surface area (Å²) in [4.78, 5) is 11.1. The largest absolute Gasteiger partial charge is 0.493 e. The summed E-state index contributed by atoms with van der Waals surface area (Å²) in [5, 5.41) is 0. The van der Waals surface area contributed by atoms with Crippen LogP contribution >= 0.6 is 0 Å². The Bertz CT molecular complexity index is 423. The fourth-order valence-electron chi connectivity index (χ4n) is 1.60. The second-order valence-electron chi connectivity index (χ2n) is 4.03. The molecule has 0 aromatic heterocycles. The van der Waals surface area contributed by atoms with Gasteiger partial charge in [0.15, 0.2) is 17.6 Å². The number of hydrogen-bond acceptors (Lipinski definition) is 5. The number of benzene rings is 1. The van der Waals surface area contributed by atoms with E-state index < -0.39 is 12.0 Å². The molecule has 1 aromatic rings. The smallest absolute Gasteiger partial charge is 0.258 e. The zero-order valence-electron chi connectivity index (χ0n) is 11.4. The van der Waals surface area contributed by atoms with Crippen LogP contribution in [0.5, 0.6) is 17.2 Å². The van der Waals surface area contributed by atoms with Gasteiger partial charge < -0.3 is 25.7 Å². The van der Waals surface area contributed by atoms with Crippen molar-refractivity contribution in [1.29, 1.82) is 0 Å². The fraction of sp³-hybridized carbons (Fsp3) is 0.462. The van der Waals surface area contributed by atoms with Crippen molar-refractivity contribution in [3.05, 3.63) is 17.7 Å². The summed E-state index contributed by atoms with van der Waals surface area (Å²) in [6, 6.07) is 3.61. The highest BCUT2D eigenvalue weighted by molar-refractivity contribution is 5.79. The van der Waals surface area contributed by atoms with Crippen molar-refractivity contribution in [2.24, 2.45) is 11.5 Å². The minimum atomic E-state index is -0.775. The molecule has 1 rings (SSSR count). The molecule has 1 amide bonds. The number of nitrogens with two attached hydrogens (primary N) is 2. The van der Waals surface area contributed by atoms with Crippen LogP contribution in [0.15, 0.2) is 12.1 Å². The van der Waals surface area contributed by atoms with Crippen LogP contribution in [0.3, 0.4) is 0 Å². The average Bonchev–Trinajstić information content (AvgIpc) is 2.39. The monoisotopic (exact) mass is 268 g/mol. The molecule has 0 bridgehead atoms. The van der Waals surface area contributed by atoms with E-state index in [1.165, 1.54) is 14.2 Å². The molecule has 106 valence electrons. The van der Waals surface area contributed by atoms with Gasteiger partial charge in [0.25, 0.3) is 5.91 Å². The SMILES string of the molecule is COc1cc(CCN)cc(OC)c1OC(C)C(N)=O. The van der Waals surface area contributed by atoms with Crippen molar-refractivity contribution in [3.8, 4) is 17.2 Å². The highest BCUT2D eigenvalue weighted by Crippen LogP contribution is 2.39. The topological polar surface area (TPSA) is 96.8 Å². The first kappa shape index (κ1) is 15.1. The van der Waals surface area contributed by atoms with E-state index in [9.17, 15) is 4.79 Å². The van der Waals surface area contributed by atoms with Gasteiger partial charge in [-0.25, -0.2) is 0 Å². The predicted octanol–water partition coefficient (Wildman–Crippen LogP) is 0.458. The lowest BCUT2D eigenvalue weighted by atomic mass is 10.1. The van der Waals surface area contributed by atoms with Crippen LogP contribution in [-0.4, -0.2) is 32.8 Å². The Balaban J connectivity index is 3.16. The molecule has 6 heteroatoms. The molecule has 0 aliphatic heterocycles. The average molecular weight is 268 g/mol. The zero-order valence-corrected chi connectivity index (χ0v) is 11.4. The molecule has 0 saturated heterocycles. The summed E-state index contributed by atoms with van der Waals surface area (Å²) in [6.07, 6.45) is -0.0820. The van der Waals surface area contributed by atoms with Crippen LogP contribution in [0.2, 0.25) is 0 Å². The Morgan fingerprint density at radius 3 is 2.16 bits per heavy atom. The lowest BCUT2D eigenvalue weighted by molar-refractivity contribution is -0.124. The van der Waals surface area contributed by atoms with Crippen LogP contribution < -0.4 is 25.7 Å². The van der Waals surface area contributed by atoms with Crippen LogP contribution in [0.25, 0.3) is 0 Å². The highest BCUT2D eigenvalue weighted by atomic mass is 16.5. The normalized spacial score (nSPS) is 11.8. The second kappa shape index (κ2) is 6.84. The minimum Gasteiger partial charge on any atom is -0.493 e. The van der Waals surface area contributed by atoms with Gasteiger partial charge in [0.1, 0.15) is 0 Å². The molecule has 0 aliphatic rings. The van der Waals surface area contributed by atoms with Crippen molar-refractivity contribution in [2.45, 2.75) is 19.4 Å². The third-order valence-corrected chi connectivity index (χ3v) is 2.65. The molecule has 6 nitrogen and oxygen atoms in total. The summed E-state index contributed by atoms with van der Waals surface area (Å²) >= 11 is 0. The first-order valence-electron chi connectivity index (χ1n) is 5.94. The number of methoxy groups -OCH3 is 2. The molecule has 19 heavy (non-hydrogen) atoms. The molecule has 0 heterocycles. The second-order valence-corrected chi connectivity index (χ2v) is 4.03. The number of rotatable bonds is 7. The van der Waals surface area contributed by atoms with Crippen LogP contribution in [0.1, 0.15) is 12.5 Å². The van der Waals surface area contributed by atoms with Gasteiger partial charge in [-0.3, -0.25) is 4.79 Å². The maximum absolute atomic E-state index is 11.1. The number of hydrogen-bond donors (Lipinski definition) is 2.